The molecule has 2 heterocycles. The zero-order chi connectivity index (χ0) is 35.3. The molecule has 50 heavy (non-hydrogen) atoms. The maximum Gasteiger partial charge on any atom is 0.162 e. The number of allylic oxidation sites excluding steroid dienone is 2. The van der Waals surface area contributed by atoms with E-state index in [9.17, 15) is 9.90 Å². The number of aliphatic hydroxyl groups excluding tert-OH is 1. The Balaban J connectivity index is 0.000000301. The molecule has 1 aliphatic heterocycles. The normalized spacial score (nSPS) is 17.7. The summed E-state index contributed by atoms with van der Waals surface area (Å²) in [6.45, 7) is 17.7. The number of rotatable bonds is 10. The van der Waals surface area contributed by atoms with Crippen LogP contribution >= 0.6 is 0 Å². The Hall–Kier alpha value is -2.59. The SMILES string of the molecule is CCC(CC)C(=O)/C=C(\O)C(CC)CC.Cc1cc(C)c2c(C3CCCC3)cc(-c3[c-]c4ccccc4c(C4CCC[Si]4(C)C)c3)nc2c1.[Ir]. The van der Waals surface area contributed by atoms with Crippen LogP contribution in [-0.4, -0.2) is 23.9 Å². The molecule has 6 rings (SSSR count). The predicted octanol–water partition coefficient (Wildman–Crippen LogP) is 13.1. The largest absolute Gasteiger partial charge is 0.512 e. The van der Waals surface area contributed by atoms with Crippen LogP contribution in [0.15, 0.2) is 60.4 Å². The van der Waals surface area contributed by atoms with Gasteiger partial charge < -0.3 is 5.11 Å². The molecule has 1 unspecified atom stereocenters. The first-order valence-electron chi connectivity index (χ1n) is 19.3. The second-order valence-electron chi connectivity index (χ2n) is 15.7. The summed E-state index contributed by atoms with van der Waals surface area (Å²) in [7, 11) is -1.28. The molecule has 1 aliphatic carbocycles. The molecule has 4 aromatic rings. The van der Waals surface area contributed by atoms with Gasteiger partial charge in [0.15, 0.2) is 5.78 Å². The summed E-state index contributed by atoms with van der Waals surface area (Å²) in [6.07, 6.45) is 12.9. The number of hydrogen-bond acceptors (Lipinski definition) is 3. The molecule has 2 aliphatic rings. The van der Waals surface area contributed by atoms with Crippen LogP contribution in [0.4, 0.5) is 0 Å². The average molecular weight is 867 g/mol. The summed E-state index contributed by atoms with van der Waals surface area (Å²) in [4.78, 5) is 17.0. The van der Waals surface area contributed by atoms with E-state index in [1.165, 1.54) is 89.1 Å². The van der Waals surface area contributed by atoms with E-state index in [1.54, 1.807) is 5.56 Å². The van der Waals surface area contributed by atoms with E-state index in [4.69, 9.17) is 4.98 Å². The van der Waals surface area contributed by atoms with E-state index in [0.717, 1.165) is 42.4 Å². The van der Waals surface area contributed by atoms with Gasteiger partial charge >= 0.3 is 0 Å². The molecule has 1 aromatic heterocycles. The average Bonchev–Trinajstić information content (AvgIpc) is 3.74. The number of carbonyl (C=O) groups is 1. The molecule has 3 aromatic carbocycles. The van der Waals surface area contributed by atoms with Crippen molar-refractivity contribution >= 4 is 35.5 Å². The van der Waals surface area contributed by atoms with Crippen LogP contribution in [0.5, 0.6) is 0 Å². The Kier molecular flexibility index (Phi) is 14.3. The summed E-state index contributed by atoms with van der Waals surface area (Å²) >= 11 is 0. The number of aryl methyl sites for hydroxylation is 2. The third-order valence-electron chi connectivity index (χ3n) is 11.9. The van der Waals surface area contributed by atoms with E-state index in [-0.39, 0.29) is 43.5 Å². The Morgan fingerprint density at radius 2 is 1.56 bits per heavy atom. The van der Waals surface area contributed by atoms with Crippen LogP contribution in [0, 0.1) is 31.7 Å². The van der Waals surface area contributed by atoms with Crippen LogP contribution in [-0.2, 0) is 24.9 Å². The molecule has 1 N–H and O–H groups in total. The molecule has 0 bridgehead atoms. The van der Waals surface area contributed by atoms with E-state index in [0.29, 0.717) is 5.92 Å². The minimum atomic E-state index is -1.28. The first-order valence-corrected chi connectivity index (χ1v) is 22.6. The van der Waals surface area contributed by atoms with E-state index in [2.05, 4.69) is 81.5 Å². The molecule has 1 radical (unpaired) electrons. The number of aromatic nitrogens is 1. The van der Waals surface area contributed by atoms with E-state index < -0.39 is 8.07 Å². The van der Waals surface area contributed by atoms with Gasteiger partial charge in [-0.1, -0.05) is 114 Å². The maximum absolute atomic E-state index is 11.7. The Morgan fingerprint density at radius 3 is 2.18 bits per heavy atom. The summed E-state index contributed by atoms with van der Waals surface area (Å²) in [5, 5.41) is 13.8. The molecule has 0 amide bonds. The van der Waals surface area contributed by atoms with Crippen LogP contribution in [0.1, 0.15) is 126 Å². The summed E-state index contributed by atoms with van der Waals surface area (Å²) in [5.74, 6) is 1.21. The Morgan fingerprint density at radius 1 is 0.900 bits per heavy atom. The Bertz CT molecular complexity index is 1800. The predicted molar refractivity (Wildman–Crippen MR) is 212 cm³/mol. The number of hydrogen-bond donors (Lipinski definition) is 1. The molecule has 1 saturated heterocycles. The monoisotopic (exact) mass is 867 g/mol. The topological polar surface area (TPSA) is 50.2 Å². The van der Waals surface area contributed by atoms with Gasteiger partial charge in [0, 0.05) is 49.1 Å². The van der Waals surface area contributed by atoms with Gasteiger partial charge in [-0.25, -0.2) is 0 Å². The second kappa shape index (κ2) is 17.8. The quantitative estimate of drug-likeness (QED) is 0.0748. The maximum atomic E-state index is 11.7. The minimum Gasteiger partial charge on any atom is -0.512 e. The molecular formula is C45H60IrNO2Si-. The molecular weight excluding hydrogens is 807 g/mol. The molecule has 1 atom stereocenters. The molecule has 2 fully saturated rings. The van der Waals surface area contributed by atoms with Gasteiger partial charge in [-0.05, 0) is 86.6 Å². The second-order valence-corrected chi connectivity index (χ2v) is 20.8. The van der Waals surface area contributed by atoms with Crippen LogP contribution in [0.25, 0.3) is 32.9 Å². The smallest absolute Gasteiger partial charge is 0.162 e. The first kappa shape index (κ1) is 40.2. The van der Waals surface area contributed by atoms with Crippen molar-refractivity contribution in [2.24, 2.45) is 11.8 Å². The van der Waals surface area contributed by atoms with Crippen molar-refractivity contribution in [1.82, 2.24) is 4.98 Å². The molecule has 1 saturated carbocycles. The van der Waals surface area contributed by atoms with Crippen molar-refractivity contribution in [2.45, 2.75) is 136 Å². The van der Waals surface area contributed by atoms with Gasteiger partial charge in [0.25, 0.3) is 0 Å². The fourth-order valence-corrected chi connectivity index (χ4v) is 12.4. The third-order valence-corrected chi connectivity index (χ3v) is 16.0. The number of ketones is 1. The number of pyridine rings is 1. The molecule has 271 valence electrons. The first-order chi connectivity index (χ1) is 23.5. The van der Waals surface area contributed by atoms with E-state index >= 15 is 0 Å². The number of benzene rings is 3. The summed E-state index contributed by atoms with van der Waals surface area (Å²) in [5.41, 5.74) is 9.94. The van der Waals surface area contributed by atoms with Gasteiger partial charge in [-0.15, -0.1) is 29.1 Å². The summed E-state index contributed by atoms with van der Waals surface area (Å²) in [6, 6.07) is 23.7. The van der Waals surface area contributed by atoms with Crippen molar-refractivity contribution in [3.8, 4) is 11.3 Å². The zero-order valence-corrected chi connectivity index (χ0v) is 35.3. The molecule has 3 nitrogen and oxygen atoms in total. The van der Waals surface area contributed by atoms with Gasteiger partial charge in [-0.2, -0.15) is 0 Å². The molecule has 5 heteroatoms. The van der Waals surface area contributed by atoms with E-state index in [1.807, 2.05) is 27.7 Å². The van der Waals surface area contributed by atoms with Crippen LogP contribution < -0.4 is 0 Å². The number of fused-ring (bicyclic) bond motifs is 2. The van der Waals surface area contributed by atoms with Crippen LogP contribution in [0.3, 0.4) is 0 Å². The van der Waals surface area contributed by atoms with Crippen molar-refractivity contribution in [3.05, 3.63) is 88.7 Å². The standard InChI is InChI=1S/C32H36NSi.C13H24O2.Ir/c1-21-16-22(2)32-27(23-10-5-6-11-23)20-29(33-30(32)17-21)25-18-24-12-7-8-13-26(24)28(19-25)31-14-9-15-34(31,3)4;1-5-10(6-2)12(14)9-13(15)11(7-3)8-4;/h7-8,12-13,16-17,19-20,23,31H,5-6,9-11,14-15H2,1-4H3;9-11,14H,5-8H2,1-4H3;/q-1;;/b;12-9-;. The number of aliphatic hydroxyl groups is 1. The molecule has 0 spiro atoms. The Labute approximate surface area is 317 Å². The fraction of sp³-hybridized carbons (Fsp3) is 0.511. The minimum absolute atomic E-state index is 0. The third kappa shape index (κ3) is 8.88. The van der Waals surface area contributed by atoms with Crippen molar-refractivity contribution < 1.29 is 30.0 Å². The van der Waals surface area contributed by atoms with Crippen molar-refractivity contribution in [1.29, 1.82) is 0 Å². The van der Waals surface area contributed by atoms with Crippen molar-refractivity contribution in [3.63, 3.8) is 0 Å². The number of nitrogens with zero attached hydrogens (tertiary/aromatic N) is 1. The van der Waals surface area contributed by atoms with Gasteiger partial charge in [0.05, 0.1) is 19.3 Å². The summed E-state index contributed by atoms with van der Waals surface area (Å²) < 4.78 is 0. The van der Waals surface area contributed by atoms with Crippen LogP contribution in [0.2, 0.25) is 19.1 Å². The zero-order valence-electron chi connectivity index (χ0n) is 31.9. The van der Waals surface area contributed by atoms with Gasteiger partial charge in [-0.3, -0.25) is 9.78 Å². The van der Waals surface area contributed by atoms with Gasteiger partial charge in [0.2, 0.25) is 0 Å². The van der Waals surface area contributed by atoms with Crippen molar-refractivity contribution in [2.75, 3.05) is 0 Å². The fourth-order valence-electron chi connectivity index (χ4n) is 8.85. The number of carbonyl (C=O) groups excluding carboxylic acids is 1. The van der Waals surface area contributed by atoms with Gasteiger partial charge in [0.1, 0.15) is 0 Å².